The highest BCUT2D eigenvalue weighted by atomic mass is 19.4. The van der Waals surface area contributed by atoms with E-state index in [2.05, 4.69) is 38.1 Å². The molecule has 0 saturated carbocycles. The summed E-state index contributed by atoms with van der Waals surface area (Å²) in [4.78, 5) is 37.3. The third-order valence-electron chi connectivity index (χ3n) is 5.48. The van der Waals surface area contributed by atoms with E-state index >= 15 is 0 Å². The third kappa shape index (κ3) is 4.44. The number of halogens is 3. The molecule has 1 aromatic carbocycles. The number of carbonyl (C=O) groups is 2. The van der Waals surface area contributed by atoms with Gasteiger partial charge in [-0.25, -0.2) is 19.7 Å². The molecule has 184 valence electrons. The topological polar surface area (TPSA) is 132 Å². The van der Waals surface area contributed by atoms with Crippen LogP contribution in [0, 0.1) is 11.8 Å². The summed E-state index contributed by atoms with van der Waals surface area (Å²) in [6.45, 7) is 3.32. The molecule has 12 heteroatoms. The van der Waals surface area contributed by atoms with Gasteiger partial charge in [0.25, 0.3) is 5.91 Å². The summed E-state index contributed by atoms with van der Waals surface area (Å²) < 4.78 is 42.4. The van der Waals surface area contributed by atoms with E-state index in [-0.39, 0.29) is 5.82 Å². The van der Waals surface area contributed by atoms with Gasteiger partial charge in [0.05, 0.1) is 12.2 Å². The number of aliphatic hydroxyl groups is 1. The molecule has 9 nitrogen and oxygen atoms in total. The summed E-state index contributed by atoms with van der Waals surface area (Å²) in [5.41, 5.74) is 6.20. The number of likely N-dealkylation sites (tertiary alicyclic amines) is 1. The van der Waals surface area contributed by atoms with E-state index in [0.29, 0.717) is 33.4 Å². The van der Waals surface area contributed by atoms with E-state index in [1.807, 2.05) is 0 Å². The van der Waals surface area contributed by atoms with Gasteiger partial charge in [-0.1, -0.05) is 30.7 Å². The van der Waals surface area contributed by atoms with Gasteiger partial charge < -0.3 is 20.5 Å². The lowest BCUT2D eigenvalue weighted by Gasteiger charge is -2.21. The van der Waals surface area contributed by atoms with Gasteiger partial charge in [-0.05, 0) is 24.1 Å². The molecule has 0 aliphatic carbocycles. The highest BCUT2D eigenvalue weighted by molar-refractivity contribution is 5.93. The van der Waals surface area contributed by atoms with E-state index in [9.17, 15) is 27.9 Å². The molecular formula is C24H18F3N5O4. The van der Waals surface area contributed by atoms with E-state index in [4.69, 9.17) is 5.73 Å². The van der Waals surface area contributed by atoms with Crippen molar-refractivity contribution >= 4 is 34.8 Å². The number of aromatic nitrogens is 3. The molecule has 2 atom stereocenters. The molecule has 0 spiro atoms. The molecule has 4 rings (SSSR count). The van der Waals surface area contributed by atoms with Crippen LogP contribution >= 0.6 is 0 Å². The lowest BCUT2D eigenvalue weighted by atomic mass is 9.99. The zero-order valence-corrected chi connectivity index (χ0v) is 18.7. The Balaban J connectivity index is 1.71. The number of anilines is 1. The lowest BCUT2D eigenvalue weighted by molar-refractivity contribution is -0.209. The van der Waals surface area contributed by atoms with Crippen LogP contribution < -0.4 is 5.73 Å². The van der Waals surface area contributed by atoms with Crippen molar-refractivity contribution in [2.45, 2.75) is 17.9 Å². The minimum absolute atomic E-state index is 0.173. The number of nitrogens with zero attached hydrogens (tertiary/aromatic N) is 4. The first-order chi connectivity index (χ1) is 16.9. The maximum Gasteiger partial charge on any atom is 0.490 e. The number of hydrogen-bond acceptors (Lipinski definition) is 8. The number of fused-ring (bicyclic) bond motifs is 1. The smallest absolute Gasteiger partial charge is 0.449 e. The number of amides is 1. The molecule has 0 bridgehead atoms. The number of benzene rings is 1. The van der Waals surface area contributed by atoms with Crippen LogP contribution in [0.15, 0.2) is 43.2 Å². The van der Waals surface area contributed by atoms with Crippen LogP contribution in [0.25, 0.3) is 28.4 Å². The van der Waals surface area contributed by atoms with Crippen LogP contribution in [-0.4, -0.2) is 68.3 Å². The SMILES string of the molecule is C=Cc1cc(-c2cccc(C#C[C@]3(O)C(=O)N(C)CC3OC(=O)C(F)(F)F)c2)nc2c(N)ncnc12. The molecule has 3 N–H and O–H groups in total. The predicted molar refractivity (Wildman–Crippen MR) is 123 cm³/mol. The van der Waals surface area contributed by atoms with Crippen LogP contribution in [0.5, 0.6) is 0 Å². The number of carbonyl (C=O) groups excluding carboxylic acids is 2. The standard InChI is InChI=1S/C24H18F3N5O4/c1-3-14-10-16(31-19-18(14)29-12-30-20(19)28)15-6-4-5-13(9-15)7-8-23(35)17(11-32(2)21(23)33)36-22(34)24(25,26)27/h3-6,9-10,12,17,35H,1,11H2,2H3,(H2,28,29,30)/t17?,23-/m1/s1. The summed E-state index contributed by atoms with van der Waals surface area (Å²) in [5, 5.41) is 10.8. The molecule has 1 amide bonds. The van der Waals surface area contributed by atoms with Gasteiger partial charge in [-0.3, -0.25) is 4.79 Å². The summed E-state index contributed by atoms with van der Waals surface area (Å²) >= 11 is 0. The number of nitrogens with two attached hydrogens (primary N) is 1. The van der Waals surface area contributed by atoms with Gasteiger partial charge in [0.1, 0.15) is 17.4 Å². The quantitative estimate of drug-likeness (QED) is 0.415. The van der Waals surface area contributed by atoms with Gasteiger partial charge in [0, 0.05) is 23.7 Å². The average molecular weight is 497 g/mol. The van der Waals surface area contributed by atoms with Crippen molar-refractivity contribution in [3.63, 3.8) is 0 Å². The van der Waals surface area contributed by atoms with Crippen LogP contribution in [0.4, 0.5) is 19.0 Å². The second kappa shape index (κ2) is 8.94. The van der Waals surface area contributed by atoms with Gasteiger partial charge in [-0.2, -0.15) is 13.2 Å². The molecule has 1 fully saturated rings. The number of hydrogen-bond donors (Lipinski definition) is 2. The molecule has 3 aromatic rings. The minimum atomic E-state index is -5.29. The van der Waals surface area contributed by atoms with Crippen molar-refractivity contribution in [2.75, 3.05) is 19.3 Å². The Kier molecular flexibility index (Phi) is 6.11. The summed E-state index contributed by atoms with van der Waals surface area (Å²) in [6.07, 6.45) is -4.23. The molecular weight excluding hydrogens is 479 g/mol. The lowest BCUT2D eigenvalue weighted by Crippen LogP contribution is -2.47. The Morgan fingerprint density at radius 3 is 2.78 bits per heavy atom. The van der Waals surface area contributed by atoms with E-state index < -0.39 is 36.3 Å². The van der Waals surface area contributed by atoms with Gasteiger partial charge >= 0.3 is 12.1 Å². The Morgan fingerprint density at radius 2 is 2.08 bits per heavy atom. The zero-order valence-electron chi connectivity index (χ0n) is 18.7. The number of alkyl halides is 3. The monoisotopic (exact) mass is 497 g/mol. The second-order valence-electron chi connectivity index (χ2n) is 7.93. The van der Waals surface area contributed by atoms with Crippen LogP contribution in [-0.2, 0) is 14.3 Å². The summed E-state index contributed by atoms with van der Waals surface area (Å²) in [6, 6.07) is 8.24. The highest BCUT2D eigenvalue weighted by Gasteiger charge is 2.56. The minimum Gasteiger partial charge on any atom is -0.449 e. The Bertz CT molecular complexity index is 1460. The molecule has 3 heterocycles. The Hall–Kier alpha value is -4.50. The molecule has 36 heavy (non-hydrogen) atoms. The molecule has 1 aliphatic rings. The molecule has 1 aliphatic heterocycles. The first-order valence-electron chi connectivity index (χ1n) is 10.4. The predicted octanol–water partition coefficient (Wildman–Crippen LogP) is 1.95. The Morgan fingerprint density at radius 1 is 1.33 bits per heavy atom. The fourth-order valence-corrected chi connectivity index (χ4v) is 3.65. The Labute approximate surface area is 202 Å². The van der Waals surface area contributed by atoms with Crippen molar-refractivity contribution < 1.29 is 32.6 Å². The number of pyridine rings is 1. The largest absolute Gasteiger partial charge is 0.490 e. The summed E-state index contributed by atoms with van der Waals surface area (Å²) in [5.74, 6) is 1.54. The van der Waals surface area contributed by atoms with Gasteiger partial charge in [0.15, 0.2) is 11.9 Å². The first-order valence-corrected chi connectivity index (χ1v) is 10.4. The second-order valence-corrected chi connectivity index (χ2v) is 7.93. The van der Waals surface area contributed by atoms with Crippen LogP contribution in [0.1, 0.15) is 11.1 Å². The zero-order chi connectivity index (χ0) is 26.3. The van der Waals surface area contributed by atoms with E-state index in [0.717, 1.165) is 4.90 Å². The van der Waals surface area contributed by atoms with Crippen molar-refractivity contribution in [3.05, 3.63) is 54.4 Å². The van der Waals surface area contributed by atoms with Gasteiger partial charge in [0.2, 0.25) is 5.60 Å². The van der Waals surface area contributed by atoms with Crippen molar-refractivity contribution in [3.8, 4) is 23.1 Å². The number of nitrogen functional groups attached to an aromatic ring is 1. The maximum atomic E-state index is 12.7. The number of ether oxygens (including phenoxy) is 1. The highest BCUT2D eigenvalue weighted by Crippen LogP contribution is 2.29. The molecule has 2 aromatic heterocycles. The number of likely N-dealkylation sites (N-methyl/N-ethyl adjacent to an activating group) is 1. The van der Waals surface area contributed by atoms with Crippen molar-refractivity contribution in [1.82, 2.24) is 19.9 Å². The van der Waals surface area contributed by atoms with Crippen LogP contribution in [0.3, 0.4) is 0 Å². The molecule has 1 unspecified atom stereocenters. The third-order valence-corrected chi connectivity index (χ3v) is 5.48. The normalized spacial score (nSPS) is 19.6. The fourth-order valence-electron chi connectivity index (χ4n) is 3.65. The summed E-state index contributed by atoms with van der Waals surface area (Å²) in [7, 11) is 1.25. The molecule has 1 saturated heterocycles. The molecule has 0 radical (unpaired) electrons. The van der Waals surface area contributed by atoms with Gasteiger partial charge in [-0.15, -0.1) is 0 Å². The van der Waals surface area contributed by atoms with Crippen molar-refractivity contribution in [2.24, 2.45) is 0 Å². The number of rotatable bonds is 3. The van der Waals surface area contributed by atoms with Crippen molar-refractivity contribution in [1.29, 1.82) is 0 Å². The van der Waals surface area contributed by atoms with Crippen LogP contribution in [0.2, 0.25) is 0 Å². The fraction of sp³-hybridized carbons (Fsp3) is 0.208. The first kappa shape index (κ1) is 24.6. The van der Waals surface area contributed by atoms with E-state index in [1.165, 1.54) is 13.4 Å². The average Bonchev–Trinajstić information content (AvgIpc) is 3.05. The maximum absolute atomic E-state index is 12.7. The number of esters is 1. The van der Waals surface area contributed by atoms with E-state index in [1.54, 1.807) is 36.4 Å².